The van der Waals surface area contributed by atoms with Crippen LogP contribution in [0, 0.1) is 0 Å². The molecule has 0 aliphatic carbocycles. The van der Waals surface area contributed by atoms with Crippen molar-refractivity contribution in [1.82, 2.24) is 14.8 Å². The Morgan fingerprint density at radius 1 is 1.17 bits per heavy atom. The number of para-hydroxylation sites is 1. The van der Waals surface area contributed by atoms with Crippen LogP contribution >= 0.6 is 34.7 Å². The first-order chi connectivity index (χ1) is 14.2. The van der Waals surface area contributed by atoms with Crippen molar-refractivity contribution in [1.29, 1.82) is 0 Å². The fraction of sp³-hybridized carbons (Fsp3) is 0.190. The molecule has 0 bridgehead atoms. The molecule has 2 heterocycles. The molecule has 8 heteroatoms. The van der Waals surface area contributed by atoms with Gasteiger partial charge in [-0.15, -0.1) is 21.5 Å². The van der Waals surface area contributed by atoms with E-state index in [0.29, 0.717) is 10.7 Å². The third-order valence-electron chi connectivity index (χ3n) is 4.37. The van der Waals surface area contributed by atoms with Crippen molar-refractivity contribution in [3.63, 3.8) is 0 Å². The van der Waals surface area contributed by atoms with Crippen LogP contribution in [0.1, 0.15) is 13.3 Å². The number of hydrogen-bond donors (Lipinski definition) is 1. The molecule has 0 saturated carbocycles. The van der Waals surface area contributed by atoms with Gasteiger partial charge in [0.15, 0.2) is 11.0 Å². The van der Waals surface area contributed by atoms with E-state index in [1.54, 1.807) is 23.5 Å². The first kappa shape index (κ1) is 19.9. The highest BCUT2D eigenvalue weighted by Crippen LogP contribution is 2.34. The molecule has 0 unspecified atom stereocenters. The predicted octanol–water partition coefficient (Wildman–Crippen LogP) is 5.95. The van der Waals surface area contributed by atoms with Gasteiger partial charge in [-0.1, -0.05) is 60.6 Å². The minimum atomic E-state index is -0.128. The van der Waals surface area contributed by atoms with Crippen LogP contribution in [0.25, 0.3) is 21.5 Å². The van der Waals surface area contributed by atoms with Gasteiger partial charge in [0.2, 0.25) is 5.91 Å². The topological polar surface area (TPSA) is 59.8 Å². The molecule has 0 aliphatic heterocycles. The van der Waals surface area contributed by atoms with Crippen molar-refractivity contribution in [2.24, 2.45) is 0 Å². The van der Waals surface area contributed by atoms with Crippen molar-refractivity contribution in [3.05, 3.63) is 58.9 Å². The van der Waals surface area contributed by atoms with Crippen LogP contribution in [0.2, 0.25) is 5.02 Å². The number of amides is 1. The summed E-state index contributed by atoms with van der Waals surface area (Å²) in [5, 5.41) is 16.2. The molecule has 148 valence electrons. The van der Waals surface area contributed by atoms with Gasteiger partial charge >= 0.3 is 0 Å². The van der Waals surface area contributed by atoms with E-state index in [1.165, 1.54) is 21.8 Å². The third-order valence-corrected chi connectivity index (χ3v) is 6.63. The summed E-state index contributed by atoms with van der Waals surface area (Å²) in [6, 6.07) is 15.5. The molecule has 0 aliphatic rings. The Balaban J connectivity index is 1.54. The first-order valence-corrected chi connectivity index (χ1v) is 11.5. The second-order valence-electron chi connectivity index (χ2n) is 6.42. The molecule has 4 rings (SSSR count). The number of nitrogens with one attached hydrogen (secondary N) is 1. The van der Waals surface area contributed by atoms with Gasteiger partial charge in [0.05, 0.1) is 16.5 Å². The molecule has 2 aromatic carbocycles. The van der Waals surface area contributed by atoms with Gasteiger partial charge in [0.25, 0.3) is 0 Å². The average Bonchev–Trinajstić information content (AvgIpc) is 3.32. The predicted molar refractivity (Wildman–Crippen MR) is 122 cm³/mol. The lowest BCUT2D eigenvalue weighted by Crippen LogP contribution is -2.15. The zero-order chi connectivity index (χ0) is 20.2. The Bertz CT molecular complexity index is 1150. The van der Waals surface area contributed by atoms with E-state index in [-0.39, 0.29) is 11.7 Å². The highest BCUT2D eigenvalue weighted by atomic mass is 35.5. The summed E-state index contributed by atoms with van der Waals surface area (Å²) in [5.41, 5.74) is 1.69. The molecule has 5 nitrogen and oxygen atoms in total. The van der Waals surface area contributed by atoms with E-state index >= 15 is 0 Å². The molecule has 4 aromatic rings. The van der Waals surface area contributed by atoms with Crippen LogP contribution in [0.3, 0.4) is 0 Å². The number of anilines is 1. The van der Waals surface area contributed by atoms with Gasteiger partial charge < -0.3 is 9.88 Å². The fourth-order valence-electron chi connectivity index (χ4n) is 3.05. The summed E-state index contributed by atoms with van der Waals surface area (Å²) >= 11 is 9.20. The summed E-state index contributed by atoms with van der Waals surface area (Å²) in [4.78, 5) is 12.4. The smallest absolute Gasteiger partial charge is 0.234 e. The molecule has 0 saturated heterocycles. The quantitative estimate of drug-likeness (QED) is 0.359. The maximum atomic E-state index is 12.4. The number of carbonyl (C=O) groups is 1. The Morgan fingerprint density at radius 2 is 1.97 bits per heavy atom. The van der Waals surface area contributed by atoms with Gasteiger partial charge in [-0.3, -0.25) is 4.79 Å². The number of rotatable bonds is 7. The summed E-state index contributed by atoms with van der Waals surface area (Å²) in [7, 11) is 0. The van der Waals surface area contributed by atoms with Crippen LogP contribution in [0.4, 0.5) is 5.69 Å². The lowest BCUT2D eigenvalue weighted by atomic mass is 10.1. The normalized spacial score (nSPS) is 11.1. The number of aromatic nitrogens is 3. The second-order valence-corrected chi connectivity index (χ2v) is 8.68. The summed E-state index contributed by atoms with van der Waals surface area (Å²) in [6.45, 7) is 2.91. The second kappa shape index (κ2) is 8.98. The van der Waals surface area contributed by atoms with E-state index in [2.05, 4.69) is 44.5 Å². The van der Waals surface area contributed by atoms with E-state index in [9.17, 15) is 4.79 Å². The number of thioether (sulfide) groups is 1. The van der Waals surface area contributed by atoms with Gasteiger partial charge in [0, 0.05) is 27.6 Å². The number of nitrogens with zero attached hydrogens (tertiary/aromatic N) is 3. The first-order valence-electron chi connectivity index (χ1n) is 9.24. The SMILES string of the molecule is CCCn1c(SCC(=O)Nc2ccccc2Cl)nnc1-c1csc2ccccc12. The van der Waals surface area contributed by atoms with Crippen molar-refractivity contribution in [2.45, 2.75) is 25.0 Å². The molecule has 29 heavy (non-hydrogen) atoms. The molecule has 1 amide bonds. The van der Waals surface area contributed by atoms with Crippen molar-refractivity contribution in [2.75, 3.05) is 11.1 Å². The van der Waals surface area contributed by atoms with Crippen molar-refractivity contribution < 1.29 is 4.79 Å². The molecule has 0 radical (unpaired) electrons. The zero-order valence-electron chi connectivity index (χ0n) is 15.8. The van der Waals surface area contributed by atoms with Crippen LogP contribution < -0.4 is 5.32 Å². The van der Waals surface area contributed by atoms with E-state index in [4.69, 9.17) is 11.6 Å². The molecule has 0 spiro atoms. The van der Waals surface area contributed by atoms with Crippen LogP contribution in [-0.4, -0.2) is 26.4 Å². The van der Waals surface area contributed by atoms with Crippen LogP contribution in [0.5, 0.6) is 0 Å². The van der Waals surface area contributed by atoms with Gasteiger partial charge in [-0.05, 0) is 24.6 Å². The maximum Gasteiger partial charge on any atom is 0.234 e. The number of benzene rings is 2. The zero-order valence-corrected chi connectivity index (χ0v) is 18.2. The Hall–Kier alpha value is -2.35. The van der Waals surface area contributed by atoms with Gasteiger partial charge in [-0.25, -0.2) is 0 Å². The Labute approximate surface area is 182 Å². The molecule has 0 fully saturated rings. The third kappa shape index (κ3) is 4.32. The van der Waals surface area contributed by atoms with Crippen LogP contribution in [0.15, 0.2) is 59.1 Å². The highest BCUT2D eigenvalue weighted by Gasteiger charge is 2.18. The largest absolute Gasteiger partial charge is 0.324 e. The Morgan fingerprint density at radius 3 is 2.79 bits per heavy atom. The van der Waals surface area contributed by atoms with E-state index < -0.39 is 0 Å². The van der Waals surface area contributed by atoms with E-state index in [0.717, 1.165) is 29.5 Å². The summed E-state index contributed by atoms with van der Waals surface area (Å²) < 4.78 is 3.32. The van der Waals surface area contributed by atoms with Crippen molar-refractivity contribution in [3.8, 4) is 11.4 Å². The minimum Gasteiger partial charge on any atom is -0.324 e. The number of halogens is 1. The average molecular weight is 443 g/mol. The summed E-state index contributed by atoms with van der Waals surface area (Å²) in [5.74, 6) is 0.951. The van der Waals surface area contributed by atoms with Crippen LogP contribution in [-0.2, 0) is 11.3 Å². The van der Waals surface area contributed by atoms with E-state index in [1.807, 2.05) is 24.3 Å². The number of carbonyl (C=O) groups excluding carboxylic acids is 1. The number of thiophene rings is 1. The lowest BCUT2D eigenvalue weighted by molar-refractivity contribution is -0.113. The monoisotopic (exact) mass is 442 g/mol. The molecule has 0 atom stereocenters. The molecular formula is C21H19ClN4OS2. The van der Waals surface area contributed by atoms with Gasteiger partial charge in [0.1, 0.15) is 0 Å². The maximum absolute atomic E-state index is 12.4. The molecular weight excluding hydrogens is 424 g/mol. The number of fused-ring (bicyclic) bond motifs is 1. The van der Waals surface area contributed by atoms with Crippen molar-refractivity contribution >= 4 is 56.4 Å². The molecule has 2 aromatic heterocycles. The standard InChI is InChI=1S/C21H19ClN4OS2/c1-2-11-26-20(15-12-28-18-10-6-3-7-14(15)18)24-25-21(26)29-13-19(27)23-17-9-5-4-8-16(17)22/h3-10,12H,2,11,13H2,1H3,(H,23,27). The summed E-state index contributed by atoms with van der Waals surface area (Å²) in [6.07, 6.45) is 0.951. The molecule has 1 N–H and O–H groups in total. The minimum absolute atomic E-state index is 0.128. The number of hydrogen-bond acceptors (Lipinski definition) is 5. The highest BCUT2D eigenvalue weighted by molar-refractivity contribution is 7.99. The Kier molecular flexibility index (Phi) is 6.18. The lowest BCUT2D eigenvalue weighted by Gasteiger charge is -2.09. The van der Waals surface area contributed by atoms with Gasteiger partial charge in [-0.2, -0.15) is 0 Å². The fourth-order valence-corrected chi connectivity index (χ4v) is 4.94.